The first-order valence-corrected chi connectivity index (χ1v) is 5.90. The summed E-state index contributed by atoms with van der Waals surface area (Å²) in [5.41, 5.74) is -0.410. The summed E-state index contributed by atoms with van der Waals surface area (Å²) in [6, 6.07) is 0.771. The van der Waals surface area contributed by atoms with Gasteiger partial charge in [-0.05, 0) is 41.7 Å². The Labute approximate surface area is 98.5 Å². The third-order valence-electron chi connectivity index (χ3n) is 3.01. The molecule has 1 rings (SSSR count). The zero-order chi connectivity index (χ0) is 12.5. The van der Waals surface area contributed by atoms with E-state index in [1.165, 1.54) is 0 Å². The highest BCUT2D eigenvalue weighted by atomic mass is 16.6. The molecule has 4 heteroatoms. The molecular weight excluding hydrogens is 204 g/mol. The van der Waals surface area contributed by atoms with E-state index < -0.39 is 5.60 Å². The number of carbonyl (C=O) groups excluding carboxylic acids is 1. The van der Waals surface area contributed by atoms with Crippen molar-refractivity contribution >= 4 is 6.09 Å². The van der Waals surface area contributed by atoms with Gasteiger partial charge in [0.05, 0.1) is 0 Å². The molecule has 1 saturated heterocycles. The number of rotatable bonds is 0. The second-order valence-electron chi connectivity index (χ2n) is 5.75. The van der Waals surface area contributed by atoms with E-state index in [4.69, 9.17) is 4.74 Å². The van der Waals surface area contributed by atoms with Gasteiger partial charge in [-0.15, -0.1) is 0 Å². The van der Waals surface area contributed by atoms with Gasteiger partial charge < -0.3 is 9.64 Å². The number of ether oxygens (including phenoxy) is 1. The Balaban J connectivity index is 2.58. The first kappa shape index (κ1) is 13.3. The van der Waals surface area contributed by atoms with Crippen LogP contribution in [0.5, 0.6) is 0 Å². The van der Waals surface area contributed by atoms with Crippen LogP contribution >= 0.6 is 0 Å². The van der Waals surface area contributed by atoms with Gasteiger partial charge in [-0.1, -0.05) is 0 Å². The van der Waals surface area contributed by atoms with Crippen LogP contribution < -0.4 is 0 Å². The SMILES string of the molecule is C[C@@H]1CN(C(=O)OC(C)(C)C)C[C@@H](C)N1C. The molecule has 0 saturated carbocycles. The summed E-state index contributed by atoms with van der Waals surface area (Å²) < 4.78 is 5.38. The van der Waals surface area contributed by atoms with Crippen LogP contribution in [0.4, 0.5) is 4.79 Å². The molecule has 0 aromatic carbocycles. The van der Waals surface area contributed by atoms with Crippen molar-refractivity contribution in [2.75, 3.05) is 20.1 Å². The van der Waals surface area contributed by atoms with Gasteiger partial charge in [0.15, 0.2) is 0 Å². The summed E-state index contributed by atoms with van der Waals surface area (Å²) in [4.78, 5) is 16.0. The van der Waals surface area contributed by atoms with Crippen LogP contribution in [0, 0.1) is 0 Å². The highest BCUT2D eigenvalue weighted by molar-refractivity contribution is 5.68. The Hall–Kier alpha value is -0.770. The van der Waals surface area contributed by atoms with Gasteiger partial charge in [-0.2, -0.15) is 0 Å². The molecule has 0 unspecified atom stereocenters. The number of hydrogen-bond donors (Lipinski definition) is 0. The molecule has 1 aliphatic rings. The molecule has 2 atom stereocenters. The van der Waals surface area contributed by atoms with Gasteiger partial charge in [0.2, 0.25) is 0 Å². The summed E-state index contributed by atoms with van der Waals surface area (Å²) >= 11 is 0. The van der Waals surface area contributed by atoms with Gasteiger partial charge in [0.1, 0.15) is 5.60 Å². The van der Waals surface area contributed by atoms with Crippen LogP contribution in [-0.4, -0.2) is 53.7 Å². The van der Waals surface area contributed by atoms with E-state index in [0.717, 1.165) is 13.1 Å². The third-order valence-corrected chi connectivity index (χ3v) is 3.01. The van der Waals surface area contributed by atoms with Gasteiger partial charge in [-0.3, -0.25) is 4.90 Å². The fraction of sp³-hybridized carbons (Fsp3) is 0.917. The summed E-state index contributed by atoms with van der Waals surface area (Å²) in [7, 11) is 2.10. The number of hydrogen-bond acceptors (Lipinski definition) is 3. The largest absolute Gasteiger partial charge is 0.444 e. The maximum atomic E-state index is 11.9. The average molecular weight is 228 g/mol. The van der Waals surface area contributed by atoms with E-state index in [2.05, 4.69) is 25.8 Å². The molecule has 1 fully saturated rings. The van der Waals surface area contributed by atoms with Crippen molar-refractivity contribution in [3.05, 3.63) is 0 Å². The minimum Gasteiger partial charge on any atom is -0.444 e. The molecule has 0 radical (unpaired) electrons. The van der Waals surface area contributed by atoms with E-state index in [0.29, 0.717) is 12.1 Å². The van der Waals surface area contributed by atoms with Gasteiger partial charge in [0, 0.05) is 25.2 Å². The smallest absolute Gasteiger partial charge is 0.410 e. The van der Waals surface area contributed by atoms with E-state index in [-0.39, 0.29) is 6.09 Å². The number of likely N-dealkylation sites (N-methyl/N-ethyl adjacent to an activating group) is 1. The van der Waals surface area contributed by atoms with Crippen molar-refractivity contribution in [1.82, 2.24) is 9.80 Å². The minimum atomic E-state index is -0.410. The van der Waals surface area contributed by atoms with Crippen molar-refractivity contribution in [2.45, 2.75) is 52.3 Å². The molecule has 0 spiro atoms. The topological polar surface area (TPSA) is 32.8 Å². The first-order chi connectivity index (χ1) is 7.20. The Kier molecular flexibility index (Phi) is 3.84. The van der Waals surface area contributed by atoms with Crippen LogP contribution in [0.3, 0.4) is 0 Å². The second kappa shape index (κ2) is 4.62. The lowest BCUT2D eigenvalue weighted by Crippen LogP contribution is -2.57. The Morgan fingerprint density at radius 1 is 1.19 bits per heavy atom. The molecular formula is C12H24N2O2. The number of nitrogens with zero attached hydrogens (tertiary/aromatic N) is 2. The van der Waals surface area contributed by atoms with Crippen LogP contribution in [0.25, 0.3) is 0 Å². The number of amides is 1. The molecule has 0 aromatic heterocycles. The van der Waals surface area contributed by atoms with E-state index >= 15 is 0 Å². The maximum Gasteiger partial charge on any atom is 0.410 e. The van der Waals surface area contributed by atoms with Crippen molar-refractivity contribution in [3.8, 4) is 0 Å². The predicted molar refractivity (Wildman–Crippen MR) is 64.5 cm³/mol. The molecule has 0 bridgehead atoms. The number of piperazine rings is 1. The van der Waals surface area contributed by atoms with Gasteiger partial charge in [0.25, 0.3) is 0 Å². The molecule has 0 N–H and O–H groups in total. The van der Waals surface area contributed by atoms with Crippen LogP contribution in [0.2, 0.25) is 0 Å². The van der Waals surface area contributed by atoms with Crippen molar-refractivity contribution in [1.29, 1.82) is 0 Å². The van der Waals surface area contributed by atoms with Gasteiger partial charge >= 0.3 is 6.09 Å². The zero-order valence-electron chi connectivity index (χ0n) is 11.3. The summed E-state index contributed by atoms with van der Waals surface area (Å²) in [5.74, 6) is 0. The molecule has 94 valence electrons. The minimum absolute atomic E-state index is 0.195. The molecule has 4 nitrogen and oxygen atoms in total. The Bertz CT molecular complexity index is 248. The average Bonchev–Trinajstić information content (AvgIpc) is 2.10. The van der Waals surface area contributed by atoms with Gasteiger partial charge in [-0.25, -0.2) is 4.79 Å². The molecule has 0 aromatic rings. The Morgan fingerprint density at radius 3 is 2.00 bits per heavy atom. The monoisotopic (exact) mass is 228 g/mol. The van der Waals surface area contributed by atoms with Crippen LogP contribution in [0.1, 0.15) is 34.6 Å². The standard InChI is InChI=1S/C12H24N2O2/c1-9-7-14(8-10(2)13(9)6)11(15)16-12(3,4)5/h9-10H,7-8H2,1-6H3/t9-,10-/m1/s1. The molecule has 1 aliphatic heterocycles. The van der Waals surface area contributed by atoms with E-state index in [9.17, 15) is 4.79 Å². The lowest BCUT2D eigenvalue weighted by molar-refractivity contribution is -0.00139. The number of carbonyl (C=O) groups is 1. The predicted octanol–water partition coefficient (Wildman–Crippen LogP) is 1.95. The van der Waals surface area contributed by atoms with Crippen LogP contribution in [-0.2, 0) is 4.74 Å². The highest BCUT2D eigenvalue weighted by Crippen LogP contribution is 2.16. The first-order valence-electron chi connectivity index (χ1n) is 5.90. The summed E-state index contributed by atoms with van der Waals surface area (Å²) in [6.45, 7) is 11.4. The van der Waals surface area contributed by atoms with Crippen molar-refractivity contribution in [2.24, 2.45) is 0 Å². The fourth-order valence-corrected chi connectivity index (χ4v) is 1.88. The second-order valence-corrected chi connectivity index (χ2v) is 5.75. The third kappa shape index (κ3) is 3.37. The van der Waals surface area contributed by atoms with Crippen LogP contribution in [0.15, 0.2) is 0 Å². The molecule has 1 amide bonds. The summed E-state index contributed by atoms with van der Waals surface area (Å²) in [6.07, 6.45) is -0.195. The quantitative estimate of drug-likeness (QED) is 0.635. The van der Waals surface area contributed by atoms with E-state index in [1.807, 2.05) is 20.8 Å². The Morgan fingerprint density at radius 2 is 1.62 bits per heavy atom. The normalized spacial score (nSPS) is 28.0. The van der Waals surface area contributed by atoms with Crippen molar-refractivity contribution in [3.63, 3.8) is 0 Å². The lowest BCUT2D eigenvalue weighted by atomic mass is 10.1. The molecule has 0 aliphatic carbocycles. The summed E-state index contributed by atoms with van der Waals surface area (Å²) in [5, 5.41) is 0. The lowest BCUT2D eigenvalue weighted by Gasteiger charge is -2.42. The maximum absolute atomic E-state index is 11.9. The van der Waals surface area contributed by atoms with Crippen molar-refractivity contribution < 1.29 is 9.53 Å². The molecule has 16 heavy (non-hydrogen) atoms. The zero-order valence-corrected chi connectivity index (χ0v) is 11.3. The highest BCUT2D eigenvalue weighted by Gasteiger charge is 2.31. The molecule has 1 heterocycles. The fourth-order valence-electron chi connectivity index (χ4n) is 1.88. The van der Waals surface area contributed by atoms with E-state index in [1.54, 1.807) is 4.90 Å².